The fraction of sp³-hybridized carbons (Fsp3) is 0.429. The van der Waals surface area contributed by atoms with E-state index in [1.54, 1.807) is 6.20 Å². The average molecular weight is 378 g/mol. The number of benzene rings is 1. The van der Waals surface area contributed by atoms with Gasteiger partial charge in [-0.1, -0.05) is 29.8 Å². The van der Waals surface area contributed by atoms with Gasteiger partial charge in [-0.3, -0.25) is 9.20 Å². The molecule has 1 saturated heterocycles. The molecule has 0 unspecified atom stereocenters. The van der Waals surface area contributed by atoms with E-state index in [0.717, 1.165) is 49.6 Å². The zero-order valence-electron chi connectivity index (χ0n) is 16.4. The molecular weight excluding hydrogens is 352 g/mol. The molecule has 28 heavy (non-hydrogen) atoms. The molecule has 0 spiro atoms. The molecule has 4 rings (SSSR count). The number of nitrogens with zero attached hydrogens (tertiary/aromatic N) is 5. The minimum atomic E-state index is 0.133. The number of anilines is 1. The Morgan fingerprint density at radius 2 is 2.04 bits per heavy atom. The van der Waals surface area contributed by atoms with Crippen LogP contribution in [0.3, 0.4) is 0 Å². The van der Waals surface area contributed by atoms with Gasteiger partial charge >= 0.3 is 0 Å². The normalized spacial score (nSPS) is 15.1. The lowest BCUT2D eigenvalue weighted by atomic mass is 10.0. The molecule has 7 nitrogen and oxygen atoms in total. The summed E-state index contributed by atoms with van der Waals surface area (Å²) in [4.78, 5) is 19.1. The zero-order chi connectivity index (χ0) is 19.5. The van der Waals surface area contributed by atoms with Crippen molar-refractivity contribution >= 4 is 17.4 Å². The van der Waals surface area contributed by atoms with Gasteiger partial charge in [-0.2, -0.15) is 0 Å². The maximum atomic E-state index is 12.3. The molecule has 0 atom stereocenters. The monoisotopic (exact) mass is 378 g/mol. The lowest BCUT2D eigenvalue weighted by Gasteiger charge is -2.33. The van der Waals surface area contributed by atoms with E-state index in [1.807, 2.05) is 23.6 Å². The van der Waals surface area contributed by atoms with Crippen molar-refractivity contribution in [2.75, 3.05) is 18.0 Å². The predicted molar refractivity (Wildman–Crippen MR) is 108 cm³/mol. The Morgan fingerprint density at radius 3 is 2.82 bits per heavy atom. The van der Waals surface area contributed by atoms with E-state index in [1.165, 1.54) is 11.1 Å². The first-order valence-corrected chi connectivity index (χ1v) is 9.86. The van der Waals surface area contributed by atoms with Gasteiger partial charge in [0.15, 0.2) is 5.82 Å². The van der Waals surface area contributed by atoms with Crippen molar-refractivity contribution in [3.05, 3.63) is 53.6 Å². The van der Waals surface area contributed by atoms with Gasteiger partial charge in [-0.25, -0.2) is 4.98 Å². The number of carbonyl (C=O) groups excluding carboxylic acids is 1. The third-order valence-electron chi connectivity index (χ3n) is 5.36. The first-order chi connectivity index (χ1) is 13.6. The number of amides is 1. The molecule has 1 N–H and O–H groups in total. The summed E-state index contributed by atoms with van der Waals surface area (Å²) in [6.45, 7) is 5.71. The SMILES string of the molecule is Cc1cccc(CCC(=O)NC2CCN(c3nccn4c(C)nnc34)CC2)c1. The van der Waals surface area contributed by atoms with Crippen LogP contribution in [0.5, 0.6) is 0 Å². The topological polar surface area (TPSA) is 75.4 Å². The Bertz CT molecular complexity index is 974. The highest BCUT2D eigenvalue weighted by Gasteiger charge is 2.23. The number of carbonyl (C=O) groups is 1. The second-order valence-corrected chi connectivity index (χ2v) is 7.51. The number of piperidine rings is 1. The van der Waals surface area contributed by atoms with Crippen molar-refractivity contribution in [2.24, 2.45) is 0 Å². The minimum absolute atomic E-state index is 0.133. The molecular formula is C21H26N6O. The standard InChI is InChI=1S/C21H26N6O/c1-15-4-3-5-17(14-15)6-7-19(28)23-18-8-11-26(12-9-18)20-21-25-24-16(2)27(21)13-10-22-20/h3-5,10,13-14,18H,6-9,11-12H2,1-2H3,(H,23,28). The van der Waals surface area contributed by atoms with Gasteiger partial charge in [-0.15, -0.1) is 10.2 Å². The maximum absolute atomic E-state index is 12.3. The Balaban J connectivity index is 1.30. The van der Waals surface area contributed by atoms with Crippen molar-refractivity contribution in [1.82, 2.24) is 24.9 Å². The quantitative estimate of drug-likeness (QED) is 0.738. The van der Waals surface area contributed by atoms with E-state index in [0.29, 0.717) is 6.42 Å². The highest BCUT2D eigenvalue weighted by molar-refractivity contribution is 5.76. The van der Waals surface area contributed by atoms with E-state index in [4.69, 9.17) is 0 Å². The number of hydrogen-bond acceptors (Lipinski definition) is 5. The number of nitrogens with one attached hydrogen (secondary N) is 1. The highest BCUT2D eigenvalue weighted by Crippen LogP contribution is 2.22. The Morgan fingerprint density at radius 1 is 1.21 bits per heavy atom. The summed E-state index contributed by atoms with van der Waals surface area (Å²) in [5, 5.41) is 11.6. The number of aryl methyl sites for hydroxylation is 3. The largest absolute Gasteiger partial charge is 0.353 e. The molecule has 0 bridgehead atoms. The molecule has 146 valence electrons. The van der Waals surface area contributed by atoms with Crippen LogP contribution in [0.15, 0.2) is 36.7 Å². The fourth-order valence-electron chi connectivity index (χ4n) is 3.81. The van der Waals surface area contributed by atoms with Crippen LogP contribution in [-0.4, -0.2) is 44.6 Å². The molecule has 0 radical (unpaired) electrons. The van der Waals surface area contributed by atoms with Crippen LogP contribution in [0.1, 0.15) is 36.2 Å². The van der Waals surface area contributed by atoms with Crippen LogP contribution in [0.25, 0.3) is 5.65 Å². The van der Waals surface area contributed by atoms with Gasteiger partial charge in [-0.05, 0) is 38.7 Å². The van der Waals surface area contributed by atoms with Crippen molar-refractivity contribution < 1.29 is 4.79 Å². The van der Waals surface area contributed by atoms with E-state index in [9.17, 15) is 4.79 Å². The number of aromatic nitrogens is 4. The van der Waals surface area contributed by atoms with Crippen molar-refractivity contribution in [3.8, 4) is 0 Å². The van der Waals surface area contributed by atoms with E-state index in [-0.39, 0.29) is 11.9 Å². The lowest BCUT2D eigenvalue weighted by molar-refractivity contribution is -0.121. The van der Waals surface area contributed by atoms with Crippen LogP contribution >= 0.6 is 0 Å². The second-order valence-electron chi connectivity index (χ2n) is 7.51. The lowest BCUT2D eigenvalue weighted by Crippen LogP contribution is -2.45. The maximum Gasteiger partial charge on any atom is 0.220 e. The predicted octanol–water partition coefficient (Wildman–Crippen LogP) is 2.46. The number of hydrogen-bond donors (Lipinski definition) is 1. The molecule has 1 aromatic carbocycles. The Hall–Kier alpha value is -2.96. The molecule has 7 heteroatoms. The molecule has 2 aromatic heterocycles. The van der Waals surface area contributed by atoms with Crippen LogP contribution in [0.2, 0.25) is 0 Å². The summed E-state index contributed by atoms with van der Waals surface area (Å²) in [5.41, 5.74) is 3.24. The minimum Gasteiger partial charge on any atom is -0.353 e. The summed E-state index contributed by atoms with van der Waals surface area (Å²) in [7, 11) is 0. The van der Waals surface area contributed by atoms with Crippen LogP contribution in [0.4, 0.5) is 5.82 Å². The van der Waals surface area contributed by atoms with E-state index >= 15 is 0 Å². The third kappa shape index (κ3) is 3.98. The first-order valence-electron chi connectivity index (χ1n) is 9.86. The summed E-state index contributed by atoms with van der Waals surface area (Å²) in [6.07, 6.45) is 6.80. The molecule has 3 aromatic rings. The number of fused-ring (bicyclic) bond motifs is 1. The summed E-state index contributed by atoms with van der Waals surface area (Å²) in [5.74, 6) is 1.86. The van der Waals surface area contributed by atoms with Crippen molar-refractivity contribution in [1.29, 1.82) is 0 Å². The van der Waals surface area contributed by atoms with Crippen LogP contribution in [-0.2, 0) is 11.2 Å². The van der Waals surface area contributed by atoms with Crippen LogP contribution in [0, 0.1) is 13.8 Å². The van der Waals surface area contributed by atoms with Crippen molar-refractivity contribution in [2.45, 2.75) is 45.6 Å². The first kappa shape index (κ1) is 18.4. The van der Waals surface area contributed by atoms with Crippen molar-refractivity contribution in [3.63, 3.8) is 0 Å². The molecule has 3 heterocycles. The van der Waals surface area contributed by atoms with Gasteiger partial charge in [0, 0.05) is 37.9 Å². The second kappa shape index (κ2) is 7.96. The third-order valence-corrected chi connectivity index (χ3v) is 5.36. The van der Waals surface area contributed by atoms with Crippen LogP contribution < -0.4 is 10.2 Å². The van der Waals surface area contributed by atoms with Gasteiger partial charge < -0.3 is 10.2 Å². The summed E-state index contributed by atoms with van der Waals surface area (Å²) >= 11 is 0. The zero-order valence-corrected chi connectivity index (χ0v) is 16.4. The highest BCUT2D eigenvalue weighted by atomic mass is 16.1. The van der Waals surface area contributed by atoms with Gasteiger partial charge in [0.1, 0.15) is 5.82 Å². The Labute approximate surface area is 164 Å². The molecule has 0 aliphatic carbocycles. The molecule has 1 amide bonds. The fourth-order valence-corrected chi connectivity index (χ4v) is 3.81. The molecule has 1 fully saturated rings. The Kier molecular flexibility index (Phi) is 5.23. The molecule has 0 saturated carbocycles. The molecule has 1 aliphatic rings. The number of rotatable bonds is 5. The van der Waals surface area contributed by atoms with Gasteiger partial charge in [0.2, 0.25) is 11.6 Å². The average Bonchev–Trinajstić information content (AvgIpc) is 3.08. The van der Waals surface area contributed by atoms with Gasteiger partial charge in [0.05, 0.1) is 0 Å². The van der Waals surface area contributed by atoms with E-state index in [2.05, 4.69) is 50.5 Å². The smallest absolute Gasteiger partial charge is 0.220 e. The van der Waals surface area contributed by atoms with Gasteiger partial charge in [0.25, 0.3) is 0 Å². The molecule has 1 aliphatic heterocycles. The van der Waals surface area contributed by atoms with E-state index < -0.39 is 0 Å². The summed E-state index contributed by atoms with van der Waals surface area (Å²) in [6, 6.07) is 8.57. The summed E-state index contributed by atoms with van der Waals surface area (Å²) < 4.78 is 1.96.